The maximum absolute atomic E-state index is 11.9. The van der Waals surface area contributed by atoms with Crippen molar-refractivity contribution in [1.82, 2.24) is 5.32 Å². The number of esters is 1. The number of amides is 2. The second kappa shape index (κ2) is 7.84. The van der Waals surface area contributed by atoms with Gasteiger partial charge in [0.05, 0.1) is 25.0 Å². The zero-order valence-corrected chi connectivity index (χ0v) is 11.9. The first-order chi connectivity index (χ1) is 9.45. The van der Waals surface area contributed by atoms with E-state index in [4.69, 9.17) is 15.2 Å². The molecule has 7 nitrogen and oxygen atoms in total. The third-order valence-corrected chi connectivity index (χ3v) is 3.24. The number of nitrogens with two attached hydrogens (primary N) is 1. The number of ether oxygens (including phenoxy) is 2. The molecule has 0 bridgehead atoms. The first kappa shape index (κ1) is 16.4. The SMILES string of the molecule is CCOC(=O)[C@H](C)C[C@@H](NC(=O)[C@H]1CCOC1)C(N)=O. The van der Waals surface area contributed by atoms with Crippen molar-refractivity contribution in [2.45, 2.75) is 32.7 Å². The van der Waals surface area contributed by atoms with Gasteiger partial charge in [0, 0.05) is 6.61 Å². The Hall–Kier alpha value is -1.63. The summed E-state index contributed by atoms with van der Waals surface area (Å²) >= 11 is 0. The molecule has 7 heteroatoms. The van der Waals surface area contributed by atoms with Crippen LogP contribution in [0.1, 0.15) is 26.7 Å². The summed E-state index contributed by atoms with van der Waals surface area (Å²) in [5.41, 5.74) is 5.27. The van der Waals surface area contributed by atoms with E-state index in [0.29, 0.717) is 19.6 Å². The van der Waals surface area contributed by atoms with Crippen molar-refractivity contribution >= 4 is 17.8 Å². The van der Waals surface area contributed by atoms with Crippen LogP contribution in [0.3, 0.4) is 0 Å². The summed E-state index contributed by atoms with van der Waals surface area (Å²) in [6.45, 7) is 4.51. The Labute approximate surface area is 118 Å². The smallest absolute Gasteiger partial charge is 0.308 e. The monoisotopic (exact) mass is 286 g/mol. The van der Waals surface area contributed by atoms with Crippen molar-refractivity contribution in [2.24, 2.45) is 17.6 Å². The van der Waals surface area contributed by atoms with E-state index in [-0.39, 0.29) is 24.9 Å². The van der Waals surface area contributed by atoms with Gasteiger partial charge in [-0.05, 0) is 19.8 Å². The Kier molecular flexibility index (Phi) is 6.44. The van der Waals surface area contributed by atoms with Crippen LogP contribution in [0.4, 0.5) is 0 Å². The van der Waals surface area contributed by atoms with E-state index in [1.54, 1.807) is 13.8 Å². The van der Waals surface area contributed by atoms with E-state index in [1.165, 1.54) is 0 Å². The van der Waals surface area contributed by atoms with Crippen LogP contribution in [0.15, 0.2) is 0 Å². The van der Waals surface area contributed by atoms with Gasteiger partial charge in [0.25, 0.3) is 0 Å². The predicted molar refractivity (Wildman–Crippen MR) is 70.5 cm³/mol. The molecule has 1 rings (SSSR count). The van der Waals surface area contributed by atoms with Crippen LogP contribution < -0.4 is 11.1 Å². The molecule has 1 aliphatic heterocycles. The molecule has 1 fully saturated rings. The highest BCUT2D eigenvalue weighted by atomic mass is 16.5. The lowest BCUT2D eigenvalue weighted by atomic mass is 10.00. The third-order valence-electron chi connectivity index (χ3n) is 3.24. The van der Waals surface area contributed by atoms with E-state index in [9.17, 15) is 14.4 Å². The zero-order chi connectivity index (χ0) is 15.1. The van der Waals surface area contributed by atoms with Crippen LogP contribution in [-0.4, -0.2) is 43.6 Å². The molecule has 20 heavy (non-hydrogen) atoms. The first-order valence-corrected chi connectivity index (χ1v) is 6.79. The molecule has 3 N–H and O–H groups in total. The van der Waals surface area contributed by atoms with Gasteiger partial charge in [0.1, 0.15) is 6.04 Å². The number of hydrogen-bond acceptors (Lipinski definition) is 5. The number of hydrogen-bond donors (Lipinski definition) is 2. The van der Waals surface area contributed by atoms with Gasteiger partial charge < -0.3 is 20.5 Å². The van der Waals surface area contributed by atoms with Crippen LogP contribution in [0.25, 0.3) is 0 Å². The van der Waals surface area contributed by atoms with E-state index >= 15 is 0 Å². The Morgan fingerprint density at radius 1 is 1.45 bits per heavy atom. The van der Waals surface area contributed by atoms with Crippen molar-refractivity contribution in [1.29, 1.82) is 0 Å². The average Bonchev–Trinajstić information content (AvgIpc) is 2.91. The summed E-state index contributed by atoms with van der Waals surface area (Å²) in [5.74, 6) is -2.09. The number of carbonyl (C=O) groups excluding carboxylic acids is 3. The molecule has 0 radical (unpaired) electrons. The van der Waals surface area contributed by atoms with Crippen molar-refractivity contribution in [3.8, 4) is 0 Å². The minimum atomic E-state index is -0.873. The summed E-state index contributed by atoms with van der Waals surface area (Å²) in [5, 5.41) is 2.59. The number of rotatable bonds is 7. The molecule has 1 heterocycles. The van der Waals surface area contributed by atoms with Gasteiger partial charge >= 0.3 is 5.97 Å². The van der Waals surface area contributed by atoms with Crippen LogP contribution in [0.2, 0.25) is 0 Å². The van der Waals surface area contributed by atoms with Crippen LogP contribution in [-0.2, 0) is 23.9 Å². The topological polar surface area (TPSA) is 108 Å². The van der Waals surface area contributed by atoms with Crippen LogP contribution in [0, 0.1) is 11.8 Å². The minimum Gasteiger partial charge on any atom is -0.466 e. The lowest BCUT2D eigenvalue weighted by molar-refractivity contribution is -0.148. The van der Waals surface area contributed by atoms with Gasteiger partial charge in [0.2, 0.25) is 11.8 Å². The third kappa shape index (κ3) is 4.80. The van der Waals surface area contributed by atoms with E-state index in [1.807, 2.05) is 0 Å². The molecule has 0 aromatic rings. The molecule has 2 amide bonds. The molecule has 0 aromatic carbocycles. The van der Waals surface area contributed by atoms with Crippen molar-refractivity contribution in [3.05, 3.63) is 0 Å². The summed E-state index contributed by atoms with van der Waals surface area (Å²) in [7, 11) is 0. The summed E-state index contributed by atoms with van der Waals surface area (Å²) in [6.07, 6.45) is 0.762. The number of nitrogens with one attached hydrogen (secondary N) is 1. The Morgan fingerprint density at radius 2 is 2.15 bits per heavy atom. The largest absolute Gasteiger partial charge is 0.466 e. The fourth-order valence-corrected chi connectivity index (χ4v) is 2.01. The van der Waals surface area contributed by atoms with E-state index in [0.717, 1.165) is 0 Å². The summed E-state index contributed by atoms with van der Waals surface area (Å²) in [4.78, 5) is 34.8. The molecule has 3 atom stereocenters. The van der Waals surface area contributed by atoms with Crippen molar-refractivity contribution < 1.29 is 23.9 Å². The first-order valence-electron chi connectivity index (χ1n) is 6.79. The fraction of sp³-hybridized carbons (Fsp3) is 0.769. The molecule has 0 unspecified atom stereocenters. The average molecular weight is 286 g/mol. The van der Waals surface area contributed by atoms with Crippen LogP contribution in [0.5, 0.6) is 0 Å². The highest BCUT2D eigenvalue weighted by Gasteiger charge is 2.29. The highest BCUT2D eigenvalue weighted by Crippen LogP contribution is 2.14. The maximum atomic E-state index is 11.9. The maximum Gasteiger partial charge on any atom is 0.308 e. The fourth-order valence-electron chi connectivity index (χ4n) is 2.01. The normalized spacial score (nSPS) is 21.0. The molecule has 0 spiro atoms. The molecular weight excluding hydrogens is 264 g/mol. The second-order valence-corrected chi connectivity index (χ2v) is 4.91. The molecule has 1 aliphatic rings. The van der Waals surface area contributed by atoms with Gasteiger partial charge in [-0.15, -0.1) is 0 Å². The Balaban J connectivity index is 2.53. The van der Waals surface area contributed by atoms with Crippen LogP contribution >= 0.6 is 0 Å². The molecule has 1 saturated heterocycles. The quantitative estimate of drug-likeness (QED) is 0.618. The lowest BCUT2D eigenvalue weighted by Gasteiger charge is -2.20. The van der Waals surface area contributed by atoms with Gasteiger partial charge in [0.15, 0.2) is 0 Å². The highest BCUT2D eigenvalue weighted by molar-refractivity contribution is 5.88. The van der Waals surface area contributed by atoms with E-state index in [2.05, 4.69) is 5.32 Å². The standard InChI is InChI=1S/C13H22N2O5/c1-3-20-13(18)8(2)6-10(11(14)16)15-12(17)9-4-5-19-7-9/h8-10H,3-7H2,1-2H3,(H2,14,16)(H,15,17)/t8-,9+,10-/m1/s1. The zero-order valence-electron chi connectivity index (χ0n) is 11.9. The van der Waals surface area contributed by atoms with Gasteiger partial charge in [-0.25, -0.2) is 0 Å². The molecule has 0 saturated carbocycles. The molecule has 0 aliphatic carbocycles. The Bertz CT molecular complexity index is 366. The predicted octanol–water partition coefficient (Wildman–Crippen LogP) is -0.418. The van der Waals surface area contributed by atoms with Crippen molar-refractivity contribution in [3.63, 3.8) is 0 Å². The lowest BCUT2D eigenvalue weighted by Crippen LogP contribution is -2.48. The number of carbonyl (C=O) groups is 3. The van der Waals surface area contributed by atoms with Gasteiger partial charge in [-0.3, -0.25) is 14.4 Å². The molecule has 0 aromatic heterocycles. The Morgan fingerprint density at radius 3 is 2.65 bits per heavy atom. The molecular formula is C13H22N2O5. The summed E-state index contributed by atoms with van der Waals surface area (Å²) in [6, 6.07) is -0.873. The second-order valence-electron chi connectivity index (χ2n) is 4.91. The van der Waals surface area contributed by atoms with E-state index < -0.39 is 23.8 Å². The molecule has 114 valence electrons. The van der Waals surface area contributed by atoms with Crippen molar-refractivity contribution in [2.75, 3.05) is 19.8 Å². The minimum absolute atomic E-state index is 0.132. The number of primary amides is 1. The van der Waals surface area contributed by atoms with Gasteiger partial charge in [-0.1, -0.05) is 6.92 Å². The van der Waals surface area contributed by atoms with Gasteiger partial charge in [-0.2, -0.15) is 0 Å². The summed E-state index contributed by atoms with van der Waals surface area (Å²) < 4.78 is 9.99.